The summed E-state index contributed by atoms with van der Waals surface area (Å²) in [6, 6.07) is 10.2. The highest BCUT2D eigenvalue weighted by molar-refractivity contribution is 7.18. The molecule has 124 valence electrons. The Hall–Kier alpha value is -2.34. The van der Waals surface area contributed by atoms with Gasteiger partial charge in [0.15, 0.2) is 17.6 Å². The second-order valence-corrected chi connectivity index (χ2v) is 6.97. The molecule has 0 bridgehead atoms. The van der Waals surface area contributed by atoms with Gasteiger partial charge in [-0.25, -0.2) is 9.97 Å². The van der Waals surface area contributed by atoms with Crippen molar-refractivity contribution >= 4 is 27.4 Å². The third-order valence-electron chi connectivity index (χ3n) is 4.17. The van der Waals surface area contributed by atoms with Gasteiger partial charge >= 0.3 is 0 Å². The molecule has 6 heteroatoms. The molecule has 2 atom stereocenters. The fraction of sp³-hybridized carbons (Fsp3) is 0.333. The lowest BCUT2D eigenvalue weighted by Crippen LogP contribution is -2.20. The van der Waals surface area contributed by atoms with Gasteiger partial charge in [0, 0.05) is 6.04 Å². The van der Waals surface area contributed by atoms with Gasteiger partial charge in [-0.05, 0) is 31.5 Å². The smallest absolute Gasteiger partial charge is 0.167 e. The molecular formula is C18H19N3O2S. The number of rotatable bonds is 4. The van der Waals surface area contributed by atoms with E-state index in [1.165, 1.54) is 0 Å². The summed E-state index contributed by atoms with van der Waals surface area (Å²) in [4.78, 5) is 10.9. The Bertz CT molecular complexity index is 864. The number of anilines is 1. The van der Waals surface area contributed by atoms with Gasteiger partial charge in [0.25, 0.3) is 0 Å². The maximum Gasteiger partial charge on any atom is 0.167 e. The first kappa shape index (κ1) is 15.2. The minimum atomic E-state index is -0.115. The minimum Gasteiger partial charge on any atom is -0.485 e. The first-order chi connectivity index (χ1) is 11.7. The summed E-state index contributed by atoms with van der Waals surface area (Å²) in [5.41, 5.74) is 0. The first-order valence-electron chi connectivity index (χ1n) is 8.14. The third kappa shape index (κ3) is 2.78. The molecule has 0 amide bonds. The highest BCUT2D eigenvalue weighted by Gasteiger charge is 2.25. The van der Waals surface area contributed by atoms with Crippen molar-refractivity contribution in [2.24, 2.45) is 0 Å². The number of nitrogens with zero attached hydrogens (tertiary/aromatic N) is 2. The summed E-state index contributed by atoms with van der Waals surface area (Å²) >= 11 is 1.63. The predicted molar refractivity (Wildman–Crippen MR) is 96.1 cm³/mol. The van der Waals surface area contributed by atoms with E-state index in [1.54, 1.807) is 17.7 Å². The number of aromatic nitrogens is 2. The molecule has 0 radical (unpaired) electrons. The molecule has 0 aliphatic carbocycles. The van der Waals surface area contributed by atoms with Crippen LogP contribution >= 0.6 is 11.3 Å². The summed E-state index contributed by atoms with van der Waals surface area (Å²) in [5, 5.41) is 4.49. The van der Waals surface area contributed by atoms with Crippen molar-refractivity contribution in [1.29, 1.82) is 0 Å². The summed E-state index contributed by atoms with van der Waals surface area (Å²) in [6.07, 6.45) is 2.54. The predicted octanol–water partition coefficient (Wildman–Crippen LogP) is 4.41. The van der Waals surface area contributed by atoms with E-state index in [0.29, 0.717) is 12.6 Å². The van der Waals surface area contributed by atoms with Crippen molar-refractivity contribution < 1.29 is 9.47 Å². The van der Waals surface area contributed by atoms with E-state index in [-0.39, 0.29) is 6.10 Å². The number of benzene rings is 1. The Labute approximate surface area is 144 Å². The van der Waals surface area contributed by atoms with E-state index in [4.69, 9.17) is 9.47 Å². The van der Waals surface area contributed by atoms with Crippen molar-refractivity contribution in [3.8, 4) is 11.5 Å². The van der Waals surface area contributed by atoms with Gasteiger partial charge in [-0.2, -0.15) is 0 Å². The monoisotopic (exact) mass is 341 g/mol. The van der Waals surface area contributed by atoms with Crippen molar-refractivity contribution in [2.45, 2.75) is 32.4 Å². The number of hydrogen-bond donors (Lipinski definition) is 1. The Balaban J connectivity index is 1.65. The van der Waals surface area contributed by atoms with E-state index in [2.05, 4.69) is 35.2 Å². The second kappa shape index (κ2) is 6.28. The topological polar surface area (TPSA) is 56.3 Å². The van der Waals surface area contributed by atoms with E-state index in [9.17, 15) is 0 Å². The van der Waals surface area contributed by atoms with Crippen LogP contribution in [0.4, 0.5) is 5.82 Å². The third-order valence-corrected chi connectivity index (χ3v) is 5.31. The zero-order valence-corrected chi connectivity index (χ0v) is 14.5. The fourth-order valence-corrected chi connectivity index (χ4v) is 3.66. The van der Waals surface area contributed by atoms with Gasteiger partial charge in [0.2, 0.25) is 0 Å². The molecule has 1 aliphatic heterocycles. The van der Waals surface area contributed by atoms with Crippen LogP contribution in [0.15, 0.2) is 36.7 Å². The SMILES string of the molecule is CC[C@H](C)Nc1ncnc2sc([C@@H]3COc4ccccc4O3)cc12. The summed E-state index contributed by atoms with van der Waals surface area (Å²) in [5.74, 6) is 2.47. The highest BCUT2D eigenvalue weighted by atomic mass is 32.1. The van der Waals surface area contributed by atoms with Crippen LogP contribution in [0.1, 0.15) is 31.2 Å². The molecule has 0 fully saturated rings. The molecule has 2 aromatic heterocycles. The molecule has 0 saturated carbocycles. The Kier molecular flexibility index (Phi) is 3.98. The van der Waals surface area contributed by atoms with Crippen LogP contribution in [0, 0.1) is 0 Å². The van der Waals surface area contributed by atoms with Crippen LogP contribution in [0.5, 0.6) is 11.5 Å². The number of thiophene rings is 1. The highest BCUT2D eigenvalue weighted by Crippen LogP contribution is 2.39. The largest absolute Gasteiger partial charge is 0.485 e. The van der Waals surface area contributed by atoms with Gasteiger partial charge in [0.1, 0.15) is 23.6 Å². The number of ether oxygens (including phenoxy) is 2. The van der Waals surface area contributed by atoms with Crippen LogP contribution in [-0.2, 0) is 0 Å². The molecular weight excluding hydrogens is 322 g/mol. The fourth-order valence-electron chi connectivity index (χ4n) is 2.64. The van der Waals surface area contributed by atoms with E-state index in [0.717, 1.165) is 38.8 Å². The molecule has 0 unspecified atom stereocenters. The van der Waals surface area contributed by atoms with Gasteiger partial charge < -0.3 is 14.8 Å². The van der Waals surface area contributed by atoms with Gasteiger partial charge in [-0.3, -0.25) is 0 Å². The number of nitrogens with one attached hydrogen (secondary N) is 1. The maximum absolute atomic E-state index is 6.11. The van der Waals surface area contributed by atoms with Crippen LogP contribution < -0.4 is 14.8 Å². The summed E-state index contributed by atoms with van der Waals surface area (Å²) in [7, 11) is 0. The van der Waals surface area contributed by atoms with Crippen LogP contribution in [-0.4, -0.2) is 22.6 Å². The lowest BCUT2D eigenvalue weighted by molar-refractivity contribution is 0.0938. The van der Waals surface area contributed by atoms with Crippen LogP contribution in [0.25, 0.3) is 10.2 Å². The van der Waals surface area contributed by atoms with E-state index in [1.807, 2.05) is 24.3 Å². The first-order valence-corrected chi connectivity index (χ1v) is 8.95. The van der Waals surface area contributed by atoms with E-state index >= 15 is 0 Å². The second-order valence-electron chi connectivity index (χ2n) is 5.91. The average Bonchev–Trinajstić information content (AvgIpc) is 3.06. The quantitative estimate of drug-likeness (QED) is 0.761. The maximum atomic E-state index is 6.11. The normalized spacial score (nSPS) is 17.7. The Morgan fingerprint density at radius 1 is 1.29 bits per heavy atom. The molecule has 0 spiro atoms. The number of hydrogen-bond acceptors (Lipinski definition) is 6. The van der Waals surface area contributed by atoms with Crippen LogP contribution in [0.2, 0.25) is 0 Å². The molecule has 24 heavy (non-hydrogen) atoms. The van der Waals surface area contributed by atoms with Gasteiger partial charge in [0.05, 0.1) is 10.3 Å². The summed E-state index contributed by atoms with van der Waals surface area (Å²) in [6.45, 7) is 4.81. The van der Waals surface area contributed by atoms with Gasteiger partial charge in [-0.15, -0.1) is 11.3 Å². The van der Waals surface area contributed by atoms with Crippen molar-refractivity contribution in [3.05, 3.63) is 41.5 Å². The van der Waals surface area contributed by atoms with Crippen LogP contribution in [0.3, 0.4) is 0 Å². The zero-order chi connectivity index (χ0) is 16.5. The molecule has 1 aliphatic rings. The number of para-hydroxylation sites is 2. The molecule has 3 heterocycles. The molecule has 3 aromatic rings. The standard InChI is InChI=1S/C18H19N3O2S/c1-3-11(2)21-17-12-8-16(24-18(12)20-10-19-17)15-9-22-13-6-4-5-7-14(13)23-15/h4-8,10-11,15H,3,9H2,1-2H3,(H,19,20,21)/t11-,15-/m0/s1. The average molecular weight is 341 g/mol. The molecule has 0 saturated heterocycles. The Morgan fingerprint density at radius 3 is 2.96 bits per heavy atom. The molecule has 5 nitrogen and oxygen atoms in total. The van der Waals surface area contributed by atoms with Crippen molar-refractivity contribution in [1.82, 2.24) is 9.97 Å². The minimum absolute atomic E-state index is 0.115. The van der Waals surface area contributed by atoms with Crippen molar-refractivity contribution in [3.63, 3.8) is 0 Å². The summed E-state index contributed by atoms with van der Waals surface area (Å²) < 4.78 is 11.9. The lowest BCUT2D eigenvalue weighted by atomic mass is 10.2. The molecule has 4 rings (SSSR count). The molecule has 1 aromatic carbocycles. The van der Waals surface area contributed by atoms with Gasteiger partial charge in [-0.1, -0.05) is 19.1 Å². The van der Waals surface area contributed by atoms with E-state index < -0.39 is 0 Å². The lowest BCUT2D eigenvalue weighted by Gasteiger charge is -2.25. The zero-order valence-electron chi connectivity index (χ0n) is 13.7. The van der Waals surface area contributed by atoms with Crippen molar-refractivity contribution in [2.75, 3.05) is 11.9 Å². The number of fused-ring (bicyclic) bond motifs is 2. The molecule has 1 N–H and O–H groups in total. The Morgan fingerprint density at radius 2 is 2.12 bits per heavy atom.